The van der Waals surface area contributed by atoms with E-state index < -0.39 is 0 Å². The summed E-state index contributed by atoms with van der Waals surface area (Å²) in [6, 6.07) is -0.157. The summed E-state index contributed by atoms with van der Waals surface area (Å²) in [4.78, 5) is 24.0. The van der Waals surface area contributed by atoms with Crippen LogP contribution in [0.25, 0.3) is 0 Å². The van der Waals surface area contributed by atoms with E-state index in [1.807, 2.05) is 4.90 Å². The van der Waals surface area contributed by atoms with Gasteiger partial charge in [-0.05, 0) is 0 Å². The zero-order valence-corrected chi connectivity index (χ0v) is 11.5. The maximum absolute atomic E-state index is 12.5. The molecule has 20 heavy (non-hydrogen) atoms. The number of amides is 1. The van der Waals surface area contributed by atoms with Gasteiger partial charge in [0.05, 0.1) is 30.4 Å². The van der Waals surface area contributed by atoms with E-state index in [0.29, 0.717) is 19.5 Å². The SMILES string of the molecule is O=C(C1Cc2nc[nH]c2CN1)N1CCN(CCO)CC1. The summed E-state index contributed by atoms with van der Waals surface area (Å²) in [5.74, 6) is 0.169. The van der Waals surface area contributed by atoms with E-state index in [4.69, 9.17) is 5.11 Å². The highest BCUT2D eigenvalue weighted by molar-refractivity contribution is 5.82. The van der Waals surface area contributed by atoms with E-state index in [1.165, 1.54) is 0 Å². The Bertz CT molecular complexity index is 467. The van der Waals surface area contributed by atoms with Gasteiger partial charge in [-0.1, -0.05) is 0 Å². The first-order chi connectivity index (χ1) is 9.78. The number of β-amino-alcohol motifs (C(OH)–C–C–N with tert-alkyl or cyclic N) is 1. The topological polar surface area (TPSA) is 84.5 Å². The van der Waals surface area contributed by atoms with Crippen LogP contribution in [-0.2, 0) is 17.8 Å². The van der Waals surface area contributed by atoms with Crippen molar-refractivity contribution in [2.75, 3.05) is 39.3 Å². The van der Waals surface area contributed by atoms with Gasteiger partial charge in [0.15, 0.2) is 0 Å². The average molecular weight is 279 g/mol. The molecule has 1 amide bonds. The Morgan fingerprint density at radius 3 is 2.95 bits per heavy atom. The molecule has 0 aromatic carbocycles. The molecule has 1 aromatic heterocycles. The van der Waals surface area contributed by atoms with Crippen molar-refractivity contribution in [1.82, 2.24) is 25.1 Å². The summed E-state index contributed by atoms with van der Waals surface area (Å²) >= 11 is 0. The summed E-state index contributed by atoms with van der Waals surface area (Å²) < 4.78 is 0. The van der Waals surface area contributed by atoms with Crippen molar-refractivity contribution in [3.05, 3.63) is 17.7 Å². The second-order valence-electron chi connectivity index (χ2n) is 5.36. The molecule has 0 aliphatic carbocycles. The van der Waals surface area contributed by atoms with Gasteiger partial charge in [-0.15, -0.1) is 0 Å². The van der Waals surface area contributed by atoms with Crippen molar-refractivity contribution < 1.29 is 9.90 Å². The zero-order chi connectivity index (χ0) is 13.9. The number of carbonyl (C=O) groups excluding carboxylic acids is 1. The molecule has 3 rings (SSSR count). The third-order valence-electron chi connectivity index (χ3n) is 4.13. The third kappa shape index (κ3) is 2.70. The Hall–Kier alpha value is -1.44. The number of hydrogen-bond acceptors (Lipinski definition) is 5. The third-order valence-corrected chi connectivity index (χ3v) is 4.13. The maximum atomic E-state index is 12.5. The molecular formula is C13H21N5O2. The summed E-state index contributed by atoms with van der Waals surface area (Å²) in [6.07, 6.45) is 2.35. The van der Waals surface area contributed by atoms with E-state index in [2.05, 4.69) is 20.2 Å². The quantitative estimate of drug-likeness (QED) is 0.631. The molecule has 1 unspecified atom stereocenters. The van der Waals surface area contributed by atoms with Crippen molar-refractivity contribution in [2.24, 2.45) is 0 Å². The normalized spacial score (nSPS) is 23.6. The second kappa shape index (κ2) is 5.90. The number of piperazine rings is 1. The van der Waals surface area contributed by atoms with Crippen LogP contribution >= 0.6 is 0 Å². The lowest BCUT2D eigenvalue weighted by Gasteiger charge is -2.36. The number of nitrogens with zero attached hydrogens (tertiary/aromatic N) is 3. The minimum absolute atomic E-state index is 0.157. The number of fused-ring (bicyclic) bond motifs is 1. The lowest BCUT2D eigenvalue weighted by molar-refractivity contribution is -0.135. The van der Waals surface area contributed by atoms with Crippen LogP contribution in [0.15, 0.2) is 6.33 Å². The van der Waals surface area contributed by atoms with Gasteiger partial charge in [0.2, 0.25) is 5.91 Å². The molecule has 1 saturated heterocycles. The number of aromatic nitrogens is 2. The molecule has 1 atom stereocenters. The average Bonchev–Trinajstić information content (AvgIpc) is 2.95. The minimum Gasteiger partial charge on any atom is -0.395 e. The van der Waals surface area contributed by atoms with Crippen LogP contribution in [0.1, 0.15) is 11.4 Å². The van der Waals surface area contributed by atoms with Gasteiger partial charge in [-0.2, -0.15) is 0 Å². The number of aliphatic hydroxyl groups is 1. The number of aliphatic hydroxyl groups excluding tert-OH is 1. The maximum Gasteiger partial charge on any atom is 0.240 e. The fourth-order valence-corrected chi connectivity index (χ4v) is 2.90. The summed E-state index contributed by atoms with van der Waals surface area (Å²) in [5.41, 5.74) is 2.09. The van der Waals surface area contributed by atoms with Crippen LogP contribution in [0, 0.1) is 0 Å². The molecule has 2 aliphatic heterocycles. The molecule has 7 nitrogen and oxygen atoms in total. The lowest BCUT2D eigenvalue weighted by Crippen LogP contribution is -2.55. The molecule has 1 aromatic rings. The first-order valence-electron chi connectivity index (χ1n) is 7.14. The van der Waals surface area contributed by atoms with Crippen molar-refractivity contribution in [3.8, 4) is 0 Å². The second-order valence-corrected chi connectivity index (χ2v) is 5.36. The van der Waals surface area contributed by atoms with Gasteiger partial charge < -0.3 is 15.0 Å². The molecule has 110 valence electrons. The fraction of sp³-hybridized carbons (Fsp3) is 0.692. The number of carbonyl (C=O) groups is 1. The summed E-state index contributed by atoms with van der Waals surface area (Å²) in [7, 11) is 0. The highest BCUT2D eigenvalue weighted by Gasteiger charge is 2.30. The number of rotatable bonds is 3. The number of H-pyrrole nitrogens is 1. The van der Waals surface area contributed by atoms with Crippen LogP contribution in [0.2, 0.25) is 0 Å². The molecule has 0 saturated carbocycles. The molecule has 2 aliphatic rings. The minimum atomic E-state index is -0.157. The van der Waals surface area contributed by atoms with E-state index in [0.717, 1.165) is 37.6 Å². The first-order valence-corrected chi connectivity index (χ1v) is 7.14. The van der Waals surface area contributed by atoms with E-state index in [1.54, 1.807) is 6.33 Å². The number of hydrogen-bond donors (Lipinski definition) is 3. The van der Waals surface area contributed by atoms with Gasteiger partial charge in [0.25, 0.3) is 0 Å². The molecule has 0 spiro atoms. The van der Waals surface area contributed by atoms with Gasteiger partial charge in [-0.3, -0.25) is 15.0 Å². The molecule has 0 radical (unpaired) electrons. The smallest absolute Gasteiger partial charge is 0.240 e. The molecule has 7 heteroatoms. The van der Waals surface area contributed by atoms with Crippen molar-refractivity contribution in [2.45, 2.75) is 19.0 Å². The Kier molecular flexibility index (Phi) is 4.00. The Balaban J connectivity index is 1.55. The van der Waals surface area contributed by atoms with Crippen molar-refractivity contribution in [1.29, 1.82) is 0 Å². The molecule has 3 heterocycles. The molecule has 0 bridgehead atoms. The van der Waals surface area contributed by atoms with Crippen molar-refractivity contribution >= 4 is 5.91 Å². The van der Waals surface area contributed by atoms with Crippen LogP contribution in [-0.4, -0.2) is 76.2 Å². The zero-order valence-electron chi connectivity index (χ0n) is 11.5. The van der Waals surface area contributed by atoms with Gasteiger partial charge in [-0.25, -0.2) is 4.98 Å². The van der Waals surface area contributed by atoms with Crippen LogP contribution in [0.4, 0.5) is 0 Å². The highest BCUT2D eigenvalue weighted by Crippen LogP contribution is 2.14. The molecule has 1 fully saturated rings. The monoisotopic (exact) mass is 279 g/mol. The Labute approximate surface area is 118 Å². The van der Waals surface area contributed by atoms with Crippen LogP contribution in [0.5, 0.6) is 0 Å². The van der Waals surface area contributed by atoms with Gasteiger partial charge in [0.1, 0.15) is 0 Å². The molecular weight excluding hydrogens is 258 g/mol. The summed E-state index contributed by atoms with van der Waals surface area (Å²) in [5, 5.41) is 12.2. The standard InChI is InChI=1S/C13H21N5O2/c19-6-5-17-1-3-18(4-2-17)13(20)11-7-10-12(8-14-11)16-9-15-10/h9,11,14,19H,1-8H2,(H,15,16). The predicted octanol–water partition coefficient (Wildman–Crippen LogP) is -1.44. The Morgan fingerprint density at radius 1 is 1.40 bits per heavy atom. The highest BCUT2D eigenvalue weighted by atomic mass is 16.3. The molecule has 3 N–H and O–H groups in total. The van der Waals surface area contributed by atoms with Crippen LogP contribution < -0.4 is 5.32 Å². The largest absolute Gasteiger partial charge is 0.395 e. The van der Waals surface area contributed by atoms with Crippen molar-refractivity contribution in [3.63, 3.8) is 0 Å². The van der Waals surface area contributed by atoms with Crippen LogP contribution in [0.3, 0.4) is 0 Å². The lowest BCUT2D eigenvalue weighted by atomic mass is 10.0. The number of nitrogens with one attached hydrogen (secondary N) is 2. The summed E-state index contributed by atoms with van der Waals surface area (Å²) in [6.45, 7) is 4.71. The fourth-order valence-electron chi connectivity index (χ4n) is 2.90. The predicted molar refractivity (Wildman–Crippen MR) is 73.0 cm³/mol. The number of aromatic amines is 1. The van der Waals surface area contributed by atoms with E-state index in [9.17, 15) is 4.79 Å². The van der Waals surface area contributed by atoms with Gasteiger partial charge in [0, 0.05) is 45.7 Å². The first kappa shape index (κ1) is 13.5. The Morgan fingerprint density at radius 2 is 2.20 bits per heavy atom. The van der Waals surface area contributed by atoms with E-state index in [-0.39, 0.29) is 18.6 Å². The van der Waals surface area contributed by atoms with E-state index >= 15 is 0 Å². The van der Waals surface area contributed by atoms with Gasteiger partial charge >= 0.3 is 0 Å². The number of imidazole rings is 1.